The van der Waals surface area contributed by atoms with Crippen molar-refractivity contribution in [1.82, 2.24) is 0 Å². The number of benzene rings is 3. The van der Waals surface area contributed by atoms with Crippen LogP contribution in [0, 0.1) is 0 Å². The molecule has 0 heterocycles. The van der Waals surface area contributed by atoms with Crippen molar-refractivity contribution in [2.24, 2.45) is 0 Å². The second-order valence-electron chi connectivity index (χ2n) is 8.49. The van der Waals surface area contributed by atoms with Gasteiger partial charge >= 0.3 is 6.18 Å². The maximum Gasteiger partial charge on any atom is 0.416 e. The fourth-order valence-corrected chi connectivity index (χ4v) is 3.38. The van der Waals surface area contributed by atoms with Crippen molar-refractivity contribution in [1.29, 1.82) is 0 Å². The molecule has 0 saturated carbocycles. The van der Waals surface area contributed by atoms with Crippen LogP contribution in [0.15, 0.2) is 72.8 Å². The van der Waals surface area contributed by atoms with E-state index in [0.29, 0.717) is 29.5 Å². The first-order valence-electron chi connectivity index (χ1n) is 9.95. The zero-order chi connectivity index (χ0) is 21.9. The molecular formula is C26H25F3O. The smallest absolute Gasteiger partial charge is 0.294 e. The molecule has 30 heavy (non-hydrogen) atoms. The number of carbonyl (C=O) groups excluding carboxylic acids is 1. The molecule has 1 nitrogen and oxygen atoms in total. The molecule has 0 aliphatic heterocycles. The molecule has 156 valence electrons. The largest absolute Gasteiger partial charge is 0.416 e. The number of hydrogen-bond acceptors (Lipinski definition) is 1. The molecule has 3 rings (SSSR count). The van der Waals surface area contributed by atoms with Gasteiger partial charge in [0.15, 0.2) is 5.78 Å². The molecule has 0 saturated heterocycles. The third-order valence-electron chi connectivity index (χ3n) is 5.21. The van der Waals surface area contributed by atoms with Gasteiger partial charge in [0.25, 0.3) is 0 Å². The molecule has 0 aliphatic rings. The van der Waals surface area contributed by atoms with Crippen molar-refractivity contribution in [3.8, 4) is 11.1 Å². The number of Topliss-reactive ketones (excluding diaryl/α,β-unsaturated/α-hetero) is 1. The van der Waals surface area contributed by atoms with Gasteiger partial charge in [-0.15, -0.1) is 0 Å². The summed E-state index contributed by atoms with van der Waals surface area (Å²) in [6.07, 6.45) is -3.42. The zero-order valence-electron chi connectivity index (χ0n) is 17.4. The summed E-state index contributed by atoms with van der Waals surface area (Å²) in [6.45, 7) is 6.47. The maximum atomic E-state index is 12.9. The highest BCUT2D eigenvalue weighted by atomic mass is 19.4. The molecule has 0 fully saturated rings. The molecule has 0 atom stereocenters. The Labute approximate surface area is 175 Å². The predicted octanol–water partition coefficient (Wildman–Crippen LogP) is 7.49. The molecule has 0 N–H and O–H groups in total. The van der Waals surface area contributed by atoms with E-state index in [2.05, 4.69) is 45.0 Å². The Balaban J connectivity index is 1.76. The van der Waals surface area contributed by atoms with Gasteiger partial charge in [-0.05, 0) is 46.2 Å². The van der Waals surface area contributed by atoms with E-state index in [9.17, 15) is 18.0 Å². The standard InChI is InChI=1S/C26H25F3O/c1-25(2,3)20-13-8-18(9-14-20)10-17-24(30)23-7-5-4-6-22(23)19-11-15-21(16-12-19)26(27,28)29/h4-9,11-16H,10,17H2,1-3H3. The highest BCUT2D eigenvalue weighted by molar-refractivity contribution is 6.02. The van der Waals surface area contributed by atoms with Crippen LogP contribution in [0.4, 0.5) is 13.2 Å². The van der Waals surface area contributed by atoms with Crippen molar-refractivity contribution in [3.05, 3.63) is 95.1 Å². The van der Waals surface area contributed by atoms with Gasteiger partial charge in [-0.3, -0.25) is 4.79 Å². The first-order valence-corrected chi connectivity index (χ1v) is 9.95. The third kappa shape index (κ3) is 5.18. The van der Waals surface area contributed by atoms with E-state index >= 15 is 0 Å². The van der Waals surface area contributed by atoms with Gasteiger partial charge in [-0.25, -0.2) is 0 Å². The minimum atomic E-state index is -4.38. The molecule has 0 amide bonds. The molecule has 3 aromatic rings. The minimum absolute atomic E-state index is 0.0228. The van der Waals surface area contributed by atoms with Crippen LogP contribution in [0.2, 0.25) is 0 Å². The van der Waals surface area contributed by atoms with Crippen LogP contribution < -0.4 is 0 Å². The predicted molar refractivity (Wildman–Crippen MR) is 115 cm³/mol. The number of alkyl halides is 3. The first kappa shape index (κ1) is 21.8. The fraction of sp³-hybridized carbons (Fsp3) is 0.269. The lowest BCUT2D eigenvalue weighted by Crippen LogP contribution is -2.10. The molecule has 0 aliphatic carbocycles. The van der Waals surface area contributed by atoms with Crippen molar-refractivity contribution >= 4 is 5.78 Å². The lowest BCUT2D eigenvalue weighted by Gasteiger charge is -2.19. The van der Waals surface area contributed by atoms with Crippen LogP contribution in [-0.2, 0) is 18.0 Å². The fourth-order valence-electron chi connectivity index (χ4n) is 3.38. The van der Waals surface area contributed by atoms with E-state index in [4.69, 9.17) is 0 Å². The van der Waals surface area contributed by atoms with Crippen LogP contribution in [0.5, 0.6) is 0 Å². The van der Waals surface area contributed by atoms with Crippen molar-refractivity contribution in [2.75, 3.05) is 0 Å². The Morgan fingerprint density at radius 3 is 1.90 bits per heavy atom. The summed E-state index contributed by atoms with van der Waals surface area (Å²) in [5, 5.41) is 0. The summed E-state index contributed by atoms with van der Waals surface area (Å²) in [4.78, 5) is 12.9. The zero-order valence-corrected chi connectivity index (χ0v) is 17.4. The van der Waals surface area contributed by atoms with Crippen molar-refractivity contribution < 1.29 is 18.0 Å². The van der Waals surface area contributed by atoms with E-state index < -0.39 is 11.7 Å². The lowest BCUT2D eigenvalue weighted by atomic mass is 9.86. The Morgan fingerprint density at radius 2 is 1.33 bits per heavy atom. The van der Waals surface area contributed by atoms with Crippen LogP contribution in [0.3, 0.4) is 0 Å². The number of hydrogen-bond donors (Lipinski definition) is 0. The van der Waals surface area contributed by atoms with Crippen LogP contribution >= 0.6 is 0 Å². The van der Waals surface area contributed by atoms with Crippen molar-refractivity contribution in [2.45, 2.75) is 45.2 Å². The number of halogens is 3. The van der Waals surface area contributed by atoms with E-state index in [1.54, 1.807) is 24.3 Å². The summed E-state index contributed by atoms with van der Waals surface area (Å²) in [5.74, 6) is -0.0228. The monoisotopic (exact) mass is 410 g/mol. The van der Waals surface area contributed by atoms with E-state index in [-0.39, 0.29) is 11.2 Å². The molecule has 0 radical (unpaired) electrons. The molecule has 0 aromatic heterocycles. The molecule has 0 unspecified atom stereocenters. The van der Waals surface area contributed by atoms with Crippen LogP contribution in [-0.4, -0.2) is 5.78 Å². The second kappa shape index (κ2) is 8.47. The molecular weight excluding hydrogens is 385 g/mol. The normalized spacial score (nSPS) is 12.1. The third-order valence-corrected chi connectivity index (χ3v) is 5.21. The van der Waals surface area contributed by atoms with Gasteiger partial charge < -0.3 is 0 Å². The topological polar surface area (TPSA) is 17.1 Å². The maximum absolute atomic E-state index is 12.9. The highest BCUT2D eigenvalue weighted by Gasteiger charge is 2.30. The first-order chi connectivity index (χ1) is 14.1. The number of rotatable bonds is 5. The van der Waals surface area contributed by atoms with Gasteiger partial charge in [-0.2, -0.15) is 13.2 Å². The highest BCUT2D eigenvalue weighted by Crippen LogP contribution is 2.32. The summed E-state index contributed by atoms with van der Waals surface area (Å²) in [7, 11) is 0. The molecule has 0 spiro atoms. The number of ketones is 1. The molecule has 4 heteroatoms. The lowest BCUT2D eigenvalue weighted by molar-refractivity contribution is -0.137. The Kier molecular flexibility index (Phi) is 6.16. The van der Waals surface area contributed by atoms with Gasteiger partial charge in [-0.1, -0.05) is 81.4 Å². The number of carbonyl (C=O) groups is 1. The summed E-state index contributed by atoms with van der Waals surface area (Å²) < 4.78 is 38.5. The Hall–Kier alpha value is -2.88. The van der Waals surface area contributed by atoms with E-state index in [0.717, 1.165) is 17.7 Å². The quantitative estimate of drug-likeness (QED) is 0.398. The second-order valence-corrected chi connectivity index (χ2v) is 8.49. The van der Waals surface area contributed by atoms with E-state index in [1.165, 1.54) is 17.7 Å². The van der Waals surface area contributed by atoms with Crippen LogP contribution in [0.25, 0.3) is 11.1 Å². The average molecular weight is 410 g/mol. The molecule has 3 aromatic carbocycles. The van der Waals surface area contributed by atoms with Gasteiger partial charge in [0, 0.05) is 12.0 Å². The summed E-state index contributed by atoms with van der Waals surface area (Å²) in [6, 6.07) is 20.3. The summed E-state index contributed by atoms with van der Waals surface area (Å²) in [5.41, 5.74) is 3.49. The Morgan fingerprint density at radius 1 is 0.767 bits per heavy atom. The minimum Gasteiger partial charge on any atom is -0.294 e. The van der Waals surface area contributed by atoms with Gasteiger partial charge in [0.2, 0.25) is 0 Å². The average Bonchev–Trinajstić information content (AvgIpc) is 2.71. The van der Waals surface area contributed by atoms with Gasteiger partial charge in [0.05, 0.1) is 5.56 Å². The van der Waals surface area contributed by atoms with E-state index in [1.807, 2.05) is 0 Å². The van der Waals surface area contributed by atoms with Crippen molar-refractivity contribution in [3.63, 3.8) is 0 Å². The molecule has 0 bridgehead atoms. The Bertz CT molecular complexity index is 1010. The van der Waals surface area contributed by atoms with Gasteiger partial charge in [0.1, 0.15) is 0 Å². The van der Waals surface area contributed by atoms with Crippen LogP contribution in [0.1, 0.15) is 54.2 Å². The number of aryl methyl sites for hydroxylation is 1. The summed E-state index contributed by atoms with van der Waals surface area (Å²) >= 11 is 0. The SMILES string of the molecule is CC(C)(C)c1ccc(CCC(=O)c2ccccc2-c2ccc(C(F)(F)F)cc2)cc1.